The van der Waals surface area contributed by atoms with Gasteiger partial charge in [-0.05, 0) is 69.0 Å². The first kappa shape index (κ1) is 18.1. The molecule has 0 saturated heterocycles. The summed E-state index contributed by atoms with van der Waals surface area (Å²) in [6, 6.07) is 12.2. The molecule has 0 aliphatic rings. The normalized spacial score (nSPS) is 11.9. The fraction of sp³-hybridized carbons (Fsp3) is 0.381. The van der Waals surface area contributed by atoms with Crippen molar-refractivity contribution in [1.29, 1.82) is 0 Å². The van der Waals surface area contributed by atoms with Gasteiger partial charge < -0.3 is 10.1 Å². The fourth-order valence-electron chi connectivity index (χ4n) is 2.61. The summed E-state index contributed by atoms with van der Waals surface area (Å²) in [5, 5.41) is 3.00. The van der Waals surface area contributed by atoms with Crippen LogP contribution in [0, 0.1) is 27.7 Å². The molecule has 2 rings (SSSR count). The summed E-state index contributed by atoms with van der Waals surface area (Å²) in [7, 11) is 0. The molecule has 128 valence electrons. The molecule has 2 aromatic rings. The molecule has 0 bridgehead atoms. The van der Waals surface area contributed by atoms with Crippen LogP contribution in [0.4, 0.5) is 0 Å². The molecular formula is C21H27NO2. The van der Waals surface area contributed by atoms with E-state index in [1.807, 2.05) is 44.2 Å². The highest BCUT2D eigenvalue weighted by molar-refractivity contribution is 5.79. The van der Waals surface area contributed by atoms with Crippen molar-refractivity contribution in [3.05, 3.63) is 64.2 Å². The Balaban J connectivity index is 1.83. The minimum absolute atomic E-state index is 0.0261. The number of carbonyl (C=O) groups excluding carboxylic acids is 1. The smallest absolute Gasteiger partial charge is 0.224 e. The van der Waals surface area contributed by atoms with E-state index in [9.17, 15) is 4.79 Å². The Kier molecular flexibility index (Phi) is 6.02. The van der Waals surface area contributed by atoms with Gasteiger partial charge >= 0.3 is 0 Å². The monoisotopic (exact) mass is 325 g/mol. The highest BCUT2D eigenvalue weighted by Gasteiger charge is 2.10. The molecule has 0 heterocycles. The summed E-state index contributed by atoms with van der Waals surface area (Å²) in [5.41, 5.74) is 5.90. The van der Waals surface area contributed by atoms with Crippen molar-refractivity contribution >= 4 is 5.91 Å². The number of rotatable bonds is 6. The van der Waals surface area contributed by atoms with Gasteiger partial charge in [-0.15, -0.1) is 0 Å². The fourth-order valence-corrected chi connectivity index (χ4v) is 2.61. The largest absolute Gasteiger partial charge is 0.491 e. The minimum atomic E-state index is -0.0372. The van der Waals surface area contributed by atoms with Crippen LogP contribution in [-0.2, 0) is 11.2 Å². The lowest BCUT2D eigenvalue weighted by atomic mass is 10.0. The van der Waals surface area contributed by atoms with E-state index in [-0.39, 0.29) is 11.9 Å². The van der Waals surface area contributed by atoms with E-state index < -0.39 is 0 Å². The molecule has 3 heteroatoms. The van der Waals surface area contributed by atoms with Crippen LogP contribution in [0.1, 0.15) is 34.7 Å². The Morgan fingerprint density at radius 3 is 2.42 bits per heavy atom. The SMILES string of the molecule is Cc1ccc(CC(=O)NC(C)COc2ccc(C)c(C)c2)c(C)c1. The van der Waals surface area contributed by atoms with Crippen LogP contribution in [0.2, 0.25) is 0 Å². The van der Waals surface area contributed by atoms with E-state index in [0.29, 0.717) is 13.0 Å². The third-order valence-electron chi connectivity index (χ3n) is 4.23. The molecule has 1 amide bonds. The van der Waals surface area contributed by atoms with Crippen molar-refractivity contribution in [2.24, 2.45) is 0 Å². The molecule has 3 nitrogen and oxygen atoms in total. The first-order chi connectivity index (χ1) is 11.3. The standard InChI is InChI=1S/C21H27NO2/c1-14-6-8-19(17(4)10-14)12-21(23)22-18(5)13-24-20-9-7-15(2)16(3)11-20/h6-11,18H,12-13H2,1-5H3,(H,22,23). The molecule has 0 aliphatic heterocycles. The van der Waals surface area contributed by atoms with Gasteiger partial charge in [-0.3, -0.25) is 4.79 Å². The van der Waals surface area contributed by atoms with Crippen molar-refractivity contribution in [3.63, 3.8) is 0 Å². The lowest BCUT2D eigenvalue weighted by Gasteiger charge is -2.16. The topological polar surface area (TPSA) is 38.3 Å². The highest BCUT2D eigenvalue weighted by atomic mass is 16.5. The average Bonchev–Trinajstić information content (AvgIpc) is 2.51. The number of aryl methyl sites for hydroxylation is 4. The third-order valence-corrected chi connectivity index (χ3v) is 4.23. The van der Waals surface area contributed by atoms with Crippen molar-refractivity contribution in [3.8, 4) is 5.75 Å². The quantitative estimate of drug-likeness (QED) is 0.870. The van der Waals surface area contributed by atoms with Crippen LogP contribution >= 0.6 is 0 Å². The van der Waals surface area contributed by atoms with Crippen molar-refractivity contribution in [1.82, 2.24) is 5.32 Å². The van der Waals surface area contributed by atoms with Crippen LogP contribution in [0.15, 0.2) is 36.4 Å². The molecule has 0 fully saturated rings. The zero-order chi connectivity index (χ0) is 17.7. The Morgan fingerprint density at radius 2 is 1.75 bits per heavy atom. The number of benzene rings is 2. The molecule has 0 spiro atoms. The van der Waals surface area contributed by atoms with Crippen LogP contribution < -0.4 is 10.1 Å². The maximum absolute atomic E-state index is 12.2. The molecule has 0 aliphatic carbocycles. The molecule has 0 saturated carbocycles. The van der Waals surface area contributed by atoms with E-state index in [2.05, 4.69) is 32.2 Å². The summed E-state index contributed by atoms with van der Waals surface area (Å²) in [4.78, 5) is 12.2. The number of carbonyl (C=O) groups is 1. The van der Waals surface area contributed by atoms with Gasteiger partial charge in [0.15, 0.2) is 0 Å². The summed E-state index contributed by atoms with van der Waals surface area (Å²) in [5.74, 6) is 0.867. The molecule has 1 atom stereocenters. The highest BCUT2D eigenvalue weighted by Crippen LogP contribution is 2.16. The maximum atomic E-state index is 12.2. The predicted molar refractivity (Wildman–Crippen MR) is 98.6 cm³/mol. The van der Waals surface area contributed by atoms with E-state index in [4.69, 9.17) is 4.74 Å². The van der Waals surface area contributed by atoms with E-state index in [0.717, 1.165) is 16.9 Å². The lowest BCUT2D eigenvalue weighted by molar-refractivity contribution is -0.121. The van der Waals surface area contributed by atoms with Crippen LogP contribution in [-0.4, -0.2) is 18.6 Å². The van der Waals surface area contributed by atoms with Gasteiger partial charge in [0.05, 0.1) is 12.5 Å². The molecule has 1 N–H and O–H groups in total. The Bertz CT molecular complexity index is 722. The number of nitrogens with one attached hydrogen (secondary N) is 1. The molecule has 0 radical (unpaired) electrons. The summed E-state index contributed by atoms with van der Waals surface area (Å²) in [6.07, 6.45) is 0.403. The Hall–Kier alpha value is -2.29. The van der Waals surface area contributed by atoms with Gasteiger partial charge in [0.1, 0.15) is 12.4 Å². The maximum Gasteiger partial charge on any atom is 0.224 e. The van der Waals surface area contributed by atoms with Gasteiger partial charge in [0.2, 0.25) is 5.91 Å². The van der Waals surface area contributed by atoms with Gasteiger partial charge in [0, 0.05) is 0 Å². The van der Waals surface area contributed by atoms with Gasteiger partial charge in [-0.2, -0.15) is 0 Å². The number of amides is 1. The Morgan fingerprint density at radius 1 is 1.00 bits per heavy atom. The molecule has 0 aromatic heterocycles. The molecular weight excluding hydrogens is 298 g/mol. The van der Waals surface area contributed by atoms with Crippen molar-refractivity contribution < 1.29 is 9.53 Å². The van der Waals surface area contributed by atoms with Gasteiger partial charge in [-0.25, -0.2) is 0 Å². The number of hydrogen-bond donors (Lipinski definition) is 1. The first-order valence-electron chi connectivity index (χ1n) is 8.40. The summed E-state index contributed by atoms with van der Waals surface area (Å²) < 4.78 is 5.78. The molecule has 1 unspecified atom stereocenters. The van der Waals surface area contributed by atoms with E-state index in [1.54, 1.807) is 0 Å². The number of ether oxygens (including phenoxy) is 1. The first-order valence-corrected chi connectivity index (χ1v) is 8.40. The van der Waals surface area contributed by atoms with E-state index >= 15 is 0 Å². The van der Waals surface area contributed by atoms with Crippen LogP contribution in [0.3, 0.4) is 0 Å². The van der Waals surface area contributed by atoms with Crippen molar-refractivity contribution in [2.45, 2.75) is 47.1 Å². The molecule has 2 aromatic carbocycles. The van der Waals surface area contributed by atoms with E-state index in [1.165, 1.54) is 16.7 Å². The second-order valence-electron chi connectivity index (χ2n) is 6.63. The van der Waals surface area contributed by atoms with Gasteiger partial charge in [-0.1, -0.05) is 29.8 Å². The second-order valence-corrected chi connectivity index (χ2v) is 6.63. The average molecular weight is 325 g/mol. The second kappa shape index (κ2) is 8.00. The number of hydrogen-bond acceptors (Lipinski definition) is 2. The lowest BCUT2D eigenvalue weighted by Crippen LogP contribution is -2.37. The van der Waals surface area contributed by atoms with Crippen LogP contribution in [0.5, 0.6) is 5.75 Å². The van der Waals surface area contributed by atoms with Crippen LogP contribution in [0.25, 0.3) is 0 Å². The van der Waals surface area contributed by atoms with Crippen molar-refractivity contribution in [2.75, 3.05) is 6.61 Å². The Labute approximate surface area is 145 Å². The zero-order valence-corrected chi connectivity index (χ0v) is 15.3. The minimum Gasteiger partial charge on any atom is -0.491 e. The predicted octanol–water partition coefficient (Wildman–Crippen LogP) is 4.05. The summed E-state index contributed by atoms with van der Waals surface area (Å²) in [6.45, 7) is 10.7. The summed E-state index contributed by atoms with van der Waals surface area (Å²) >= 11 is 0. The third kappa shape index (κ3) is 5.12. The van der Waals surface area contributed by atoms with Gasteiger partial charge in [0.25, 0.3) is 0 Å². The molecule has 24 heavy (non-hydrogen) atoms. The zero-order valence-electron chi connectivity index (χ0n) is 15.3.